The number of ether oxygens (including phenoxy) is 1. The number of nitrogens with zero attached hydrogens (tertiary/aromatic N) is 2. The Labute approximate surface area is 187 Å². The van der Waals surface area contributed by atoms with Gasteiger partial charge in [0, 0.05) is 45.0 Å². The molecule has 168 valence electrons. The average molecular weight is 424 g/mol. The second kappa shape index (κ2) is 11.3. The molecule has 1 aromatic carbocycles. The highest BCUT2D eigenvalue weighted by Crippen LogP contribution is 2.29. The smallest absolute Gasteiger partial charge is 0.134 e. The van der Waals surface area contributed by atoms with Crippen LogP contribution in [0.2, 0.25) is 0 Å². The molecule has 5 heteroatoms. The minimum atomic E-state index is -0.305. The zero-order valence-corrected chi connectivity index (χ0v) is 19.2. The minimum Gasteiger partial charge on any atom is -0.497 e. The highest BCUT2D eigenvalue weighted by Gasteiger charge is 2.26. The average Bonchev–Trinajstić information content (AvgIpc) is 2.97. The zero-order chi connectivity index (χ0) is 22.2. The first-order valence-electron chi connectivity index (χ1n) is 11.5. The monoisotopic (exact) mass is 423 g/mol. The van der Waals surface area contributed by atoms with Crippen molar-refractivity contribution in [3.63, 3.8) is 0 Å². The van der Waals surface area contributed by atoms with E-state index < -0.39 is 0 Å². The molecule has 3 rings (SSSR count). The third kappa shape index (κ3) is 6.08. The van der Waals surface area contributed by atoms with Gasteiger partial charge in [0.15, 0.2) is 0 Å². The molecule has 0 spiro atoms. The fourth-order valence-electron chi connectivity index (χ4n) is 4.07. The van der Waals surface area contributed by atoms with Crippen molar-refractivity contribution in [2.45, 2.75) is 33.7 Å². The maximum absolute atomic E-state index is 12.1. The van der Waals surface area contributed by atoms with Gasteiger partial charge in [-0.15, -0.1) is 0 Å². The number of anilines is 1. The minimum absolute atomic E-state index is 0.305. The number of nitrogens with two attached hydrogens (primary N) is 1. The molecular formula is C26H37N3O2. The van der Waals surface area contributed by atoms with E-state index in [0.717, 1.165) is 62.3 Å². The van der Waals surface area contributed by atoms with Crippen LogP contribution in [0.1, 0.15) is 32.8 Å². The van der Waals surface area contributed by atoms with Crippen molar-refractivity contribution in [2.24, 2.45) is 17.6 Å². The Kier molecular flexibility index (Phi) is 8.50. The van der Waals surface area contributed by atoms with E-state index in [-0.39, 0.29) is 5.92 Å². The lowest BCUT2D eigenvalue weighted by Crippen LogP contribution is -2.47. The molecule has 1 saturated heterocycles. The van der Waals surface area contributed by atoms with Gasteiger partial charge in [-0.3, -0.25) is 4.90 Å². The summed E-state index contributed by atoms with van der Waals surface area (Å²) in [7, 11) is 0. The predicted octanol–water partition coefficient (Wildman–Crippen LogP) is 3.92. The van der Waals surface area contributed by atoms with Gasteiger partial charge in [0.05, 0.1) is 12.5 Å². The summed E-state index contributed by atoms with van der Waals surface area (Å²) in [4.78, 5) is 16.9. The predicted molar refractivity (Wildman–Crippen MR) is 128 cm³/mol. The number of hydrogen-bond donors (Lipinski definition) is 1. The molecule has 1 aromatic rings. The SMILES string of the molecule is CCCOC1=CC(C(C)C)=CC=C(CN2CCN(c3ccc(CN)cc3)CC2)C1C=O. The normalized spacial score (nSPS) is 20.1. The third-order valence-electron chi connectivity index (χ3n) is 6.10. The Morgan fingerprint density at radius 2 is 1.84 bits per heavy atom. The van der Waals surface area contributed by atoms with Crippen molar-refractivity contribution in [1.29, 1.82) is 0 Å². The molecular weight excluding hydrogens is 386 g/mol. The number of allylic oxidation sites excluding steroid dienone is 5. The Morgan fingerprint density at radius 1 is 1.13 bits per heavy atom. The Bertz CT molecular complexity index is 816. The highest BCUT2D eigenvalue weighted by molar-refractivity contribution is 5.65. The molecule has 1 aliphatic carbocycles. The lowest BCUT2D eigenvalue weighted by molar-refractivity contribution is -0.110. The molecule has 1 fully saturated rings. The molecule has 0 bridgehead atoms. The van der Waals surface area contributed by atoms with E-state index in [1.807, 2.05) is 0 Å². The standard InChI is InChI=1S/C26H37N3O2/c1-4-15-31-26-16-22(20(2)3)7-8-23(25(26)19-30)18-28-11-13-29(14-12-28)24-9-5-21(17-27)6-10-24/h5-10,16,19-20,25H,4,11-15,17-18,27H2,1-3H3. The number of carbonyl (C=O) groups excluding carboxylic acids is 1. The van der Waals surface area contributed by atoms with Crippen LogP contribution in [-0.2, 0) is 16.1 Å². The van der Waals surface area contributed by atoms with Gasteiger partial charge >= 0.3 is 0 Å². The van der Waals surface area contributed by atoms with E-state index in [2.05, 4.69) is 73.1 Å². The summed E-state index contributed by atoms with van der Waals surface area (Å²) >= 11 is 0. The molecule has 0 saturated carbocycles. The molecule has 1 aliphatic heterocycles. The van der Waals surface area contributed by atoms with E-state index in [9.17, 15) is 4.79 Å². The molecule has 1 atom stereocenters. The van der Waals surface area contributed by atoms with E-state index in [4.69, 9.17) is 10.5 Å². The first-order chi connectivity index (χ1) is 15.0. The number of benzene rings is 1. The van der Waals surface area contributed by atoms with E-state index in [1.165, 1.54) is 11.3 Å². The molecule has 5 nitrogen and oxygen atoms in total. The fraction of sp³-hybridized carbons (Fsp3) is 0.500. The third-order valence-corrected chi connectivity index (χ3v) is 6.10. The van der Waals surface area contributed by atoms with Gasteiger partial charge in [0.2, 0.25) is 0 Å². The van der Waals surface area contributed by atoms with E-state index in [1.54, 1.807) is 0 Å². The number of carbonyl (C=O) groups is 1. The van der Waals surface area contributed by atoms with Crippen molar-refractivity contribution in [2.75, 3.05) is 44.2 Å². The Hall–Kier alpha value is -2.37. The molecule has 0 radical (unpaired) electrons. The lowest BCUT2D eigenvalue weighted by Gasteiger charge is -2.37. The molecule has 31 heavy (non-hydrogen) atoms. The molecule has 2 N–H and O–H groups in total. The molecule has 0 aromatic heterocycles. The maximum atomic E-state index is 12.1. The summed E-state index contributed by atoms with van der Waals surface area (Å²) in [5, 5.41) is 0. The van der Waals surface area contributed by atoms with Crippen LogP contribution in [-0.4, -0.2) is 50.5 Å². The molecule has 2 aliphatic rings. The summed E-state index contributed by atoms with van der Waals surface area (Å²) in [6, 6.07) is 8.54. The van der Waals surface area contributed by atoms with Crippen LogP contribution in [0, 0.1) is 11.8 Å². The van der Waals surface area contributed by atoms with Gasteiger partial charge in [-0.25, -0.2) is 0 Å². The van der Waals surface area contributed by atoms with Crippen molar-refractivity contribution in [3.8, 4) is 0 Å². The molecule has 1 unspecified atom stereocenters. The molecule has 1 heterocycles. The number of rotatable bonds is 9. The fourth-order valence-corrected chi connectivity index (χ4v) is 4.07. The van der Waals surface area contributed by atoms with Gasteiger partial charge in [0.25, 0.3) is 0 Å². The Morgan fingerprint density at radius 3 is 2.42 bits per heavy atom. The second-order valence-electron chi connectivity index (χ2n) is 8.71. The van der Waals surface area contributed by atoms with Crippen LogP contribution in [0.25, 0.3) is 0 Å². The molecule has 0 amide bonds. The van der Waals surface area contributed by atoms with Crippen LogP contribution in [0.3, 0.4) is 0 Å². The first-order valence-corrected chi connectivity index (χ1v) is 11.5. The summed E-state index contributed by atoms with van der Waals surface area (Å²) in [6.07, 6.45) is 8.35. The van der Waals surface area contributed by atoms with Crippen LogP contribution in [0.15, 0.2) is 59.4 Å². The van der Waals surface area contributed by atoms with E-state index >= 15 is 0 Å². The number of piperazine rings is 1. The summed E-state index contributed by atoms with van der Waals surface area (Å²) in [6.45, 7) is 12.3. The van der Waals surface area contributed by atoms with Gasteiger partial charge in [-0.2, -0.15) is 0 Å². The number of hydrogen-bond acceptors (Lipinski definition) is 5. The van der Waals surface area contributed by atoms with Gasteiger partial charge in [-0.1, -0.05) is 45.1 Å². The van der Waals surface area contributed by atoms with Crippen molar-refractivity contribution >= 4 is 12.0 Å². The number of aldehydes is 1. The summed E-state index contributed by atoms with van der Waals surface area (Å²) in [5.74, 6) is 0.873. The van der Waals surface area contributed by atoms with Crippen LogP contribution >= 0.6 is 0 Å². The van der Waals surface area contributed by atoms with Crippen LogP contribution in [0.4, 0.5) is 5.69 Å². The van der Waals surface area contributed by atoms with E-state index in [0.29, 0.717) is 19.1 Å². The summed E-state index contributed by atoms with van der Waals surface area (Å²) < 4.78 is 6.02. The largest absolute Gasteiger partial charge is 0.497 e. The Balaban J connectivity index is 1.67. The maximum Gasteiger partial charge on any atom is 0.134 e. The van der Waals surface area contributed by atoms with Gasteiger partial charge in [-0.05, 0) is 47.3 Å². The zero-order valence-electron chi connectivity index (χ0n) is 19.2. The highest BCUT2D eigenvalue weighted by atomic mass is 16.5. The van der Waals surface area contributed by atoms with Crippen molar-refractivity contribution in [1.82, 2.24) is 4.90 Å². The van der Waals surface area contributed by atoms with Crippen LogP contribution < -0.4 is 10.6 Å². The quantitative estimate of drug-likeness (QED) is 0.610. The lowest BCUT2D eigenvalue weighted by atomic mass is 9.97. The second-order valence-corrected chi connectivity index (χ2v) is 8.71. The topological polar surface area (TPSA) is 58.8 Å². The van der Waals surface area contributed by atoms with Crippen LogP contribution in [0.5, 0.6) is 0 Å². The first kappa shape index (κ1) is 23.3. The van der Waals surface area contributed by atoms with Crippen molar-refractivity contribution in [3.05, 3.63) is 65.0 Å². The van der Waals surface area contributed by atoms with Crippen molar-refractivity contribution < 1.29 is 9.53 Å². The summed E-state index contributed by atoms with van der Waals surface area (Å²) in [5.41, 5.74) is 10.4. The van der Waals surface area contributed by atoms with Gasteiger partial charge in [0.1, 0.15) is 12.0 Å². The van der Waals surface area contributed by atoms with Gasteiger partial charge < -0.3 is 20.2 Å².